The van der Waals surface area contributed by atoms with Crippen molar-refractivity contribution in [3.05, 3.63) is 77.3 Å². The number of aromatic nitrogens is 2. The standard InChI is InChI=1S/C19H12ClN3OS/c20-13-9-10-14(15-7-4-8-16-18(15)23-25-22-16)17(11-13)21-19(24)12-5-2-1-3-6-12/h1-11H,(H,21,24). The molecule has 0 saturated heterocycles. The lowest BCUT2D eigenvalue weighted by molar-refractivity contribution is 0.102. The van der Waals surface area contributed by atoms with Gasteiger partial charge in [-0.25, -0.2) is 0 Å². The summed E-state index contributed by atoms with van der Waals surface area (Å²) in [5, 5.41) is 3.51. The topological polar surface area (TPSA) is 54.9 Å². The third-order valence-corrected chi connectivity index (χ3v) is 4.62. The molecule has 0 aliphatic heterocycles. The summed E-state index contributed by atoms with van der Waals surface area (Å²) in [7, 11) is 0. The van der Waals surface area contributed by atoms with E-state index in [1.54, 1.807) is 24.3 Å². The van der Waals surface area contributed by atoms with Crippen LogP contribution in [-0.4, -0.2) is 14.7 Å². The van der Waals surface area contributed by atoms with E-state index in [4.69, 9.17) is 11.6 Å². The highest BCUT2D eigenvalue weighted by Crippen LogP contribution is 2.34. The van der Waals surface area contributed by atoms with E-state index in [1.807, 2.05) is 42.5 Å². The summed E-state index contributed by atoms with van der Waals surface area (Å²) in [4.78, 5) is 12.5. The van der Waals surface area contributed by atoms with E-state index in [1.165, 1.54) is 11.7 Å². The summed E-state index contributed by atoms with van der Waals surface area (Å²) in [6.07, 6.45) is 0. The van der Waals surface area contributed by atoms with Gasteiger partial charge in [-0.1, -0.05) is 48.0 Å². The quantitative estimate of drug-likeness (QED) is 0.538. The number of rotatable bonds is 3. The lowest BCUT2D eigenvalue weighted by Crippen LogP contribution is -2.12. The summed E-state index contributed by atoms with van der Waals surface area (Å²) in [6, 6.07) is 20.3. The van der Waals surface area contributed by atoms with E-state index in [9.17, 15) is 4.79 Å². The third-order valence-electron chi connectivity index (χ3n) is 3.84. The molecule has 0 bridgehead atoms. The minimum absolute atomic E-state index is 0.187. The number of nitrogens with zero attached hydrogens (tertiary/aromatic N) is 2. The number of anilines is 1. The van der Waals surface area contributed by atoms with E-state index in [2.05, 4.69) is 14.1 Å². The number of carbonyl (C=O) groups is 1. The number of benzene rings is 3. The van der Waals surface area contributed by atoms with Gasteiger partial charge in [-0.05, 0) is 30.3 Å². The van der Waals surface area contributed by atoms with Crippen LogP contribution in [0.5, 0.6) is 0 Å². The Morgan fingerprint density at radius 1 is 0.920 bits per heavy atom. The Morgan fingerprint density at radius 3 is 2.60 bits per heavy atom. The molecule has 0 fully saturated rings. The van der Waals surface area contributed by atoms with Gasteiger partial charge in [0.15, 0.2) is 0 Å². The highest BCUT2D eigenvalue weighted by molar-refractivity contribution is 7.00. The predicted octanol–water partition coefficient (Wildman–Crippen LogP) is 5.26. The molecule has 0 atom stereocenters. The molecule has 1 aromatic heterocycles. The molecule has 0 unspecified atom stereocenters. The number of carbonyl (C=O) groups excluding carboxylic acids is 1. The van der Waals surface area contributed by atoms with Crippen molar-refractivity contribution in [2.45, 2.75) is 0 Å². The molecule has 1 heterocycles. The van der Waals surface area contributed by atoms with Crippen LogP contribution in [0.2, 0.25) is 5.02 Å². The fraction of sp³-hybridized carbons (Fsp3) is 0. The van der Waals surface area contributed by atoms with Crippen LogP contribution in [0.4, 0.5) is 5.69 Å². The Kier molecular flexibility index (Phi) is 4.17. The molecule has 6 heteroatoms. The minimum atomic E-state index is -0.187. The largest absolute Gasteiger partial charge is 0.321 e. The molecule has 122 valence electrons. The van der Waals surface area contributed by atoms with Crippen LogP contribution in [0.15, 0.2) is 66.7 Å². The van der Waals surface area contributed by atoms with Gasteiger partial charge < -0.3 is 5.32 Å². The number of fused-ring (bicyclic) bond motifs is 1. The molecule has 25 heavy (non-hydrogen) atoms. The van der Waals surface area contributed by atoms with Crippen molar-refractivity contribution in [2.24, 2.45) is 0 Å². The van der Waals surface area contributed by atoms with Crippen molar-refractivity contribution in [3.63, 3.8) is 0 Å². The van der Waals surface area contributed by atoms with Crippen molar-refractivity contribution >= 4 is 46.0 Å². The van der Waals surface area contributed by atoms with Crippen molar-refractivity contribution < 1.29 is 4.79 Å². The van der Waals surface area contributed by atoms with Gasteiger partial charge in [0.05, 0.1) is 17.4 Å². The van der Waals surface area contributed by atoms with E-state index < -0.39 is 0 Å². The van der Waals surface area contributed by atoms with Crippen LogP contribution < -0.4 is 5.32 Å². The second-order valence-corrected chi connectivity index (χ2v) is 6.41. The highest BCUT2D eigenvalue weighted by Gasteiger charge is 2.14. The molecule has 0 aliphatic rings. The third kappa shape index (κ3) is 3.12. The molecule has 4 nitrogen and oxygen atoms in total. The molecule has 0 aliphatic carbocycles. The smallest absolute Gasteiger partial charge is 0.255 e. The zero-order valence-electron chi connectivity index (χ0n) is 12.9. The lowest BCUT2D eigenvalue weighted by atomic mass is 10.0. The summed E-state index contributed by atoms with van der Waals surface area (Å²) in [6.45, 7) is 0. The van der Waals surface area contributed by atoms with Gasteiger partial charge in [0.2, 0.25) is 0 Å². The second-order valence-electron chi connectivity index (χ2n) is 5.45. The van der Waals surface area contributed by atoms with Crippen molar-refractivity contribution in [2.75, 3.05) is 5.32 Å². The van der Waals surface area contributed by atoms with Crippen LogP contribution in [-0.2, 0) is 0 Å². The molecule has 0 saturated carbocycles. The zero-order chi connectivity index (χ0) is 17.2. The highest BCUT2D eigenvalue weighted by atomic mass is 35.5. The maximum atomic E-state index is 12.5. The number of halogens is 1. The first-order chi connectivity index (χ1) is 12.2. The number of amides is 1. The van der Waals surface area contributed by atoms with Gasteiger partial charge >= 0.3 is 0 Å². The van der Waals surface area contributed by atoms with Crippen molar-refractivity contribution in [3.8, 4) is 11.1 Å². The number of hydrogen-bond donors (Lipinski definition) is 1. The first kappa shape index (κ1) is 15.7. The molecular formula is C19H12ClN3OS. The first-order valence-corrected chi connectivity index (χ1v) is 8.71. The zero-order valence-corrected chi connectivity index (χ0v) is 14.5. The fourth-order valence-corrected chi connectivity index (χ4v) is 3.38. The van der Waals surface area contributed by atoms with E-state index in [0.717, 1.165) is 22.2 Å². The number of nitrogens with one attached hydrogen (secondary N) is 1. The Hall–Kier alpha value is -2.76. The van der Waals surface area contributed by atoms with Gasteiger partial charge in [0.1, 0.15) is 11.0 Å². The normalized spacial score (nSPS) is 10.8. The molecule has 1 N–H and O–H groups in total. The Bertz CT molecular complexity index is 1060. The maximum Gasteiger partial charge on any atom is 0.255 e. The Morgan fingerprint density at radius 2 is 1.76 bits per heavy atom. The van der Waals surface area contributed by atoms with Gasteiger partial charge in [-0.15, -0.1) is 0 Å². The van der Waals surface area contributed by atoms with Crippen LogP contribution in [0.25, 0.3) is 22.2 Å². The molecule has 0 radical (unpaired) electrons. The van der Waals surface area contributed by atoms with Crippen LogP contribution in [0.1, 0.15) is 10.4 Å². The predicted molar refractivity (Wildman–Crippen MR) is 102 cm³/mol. The van der Waals surface area contributed by atoms with Crippen LogP contribution in [0, 0.1) is 0 Å². The van der Waals surface area contributed by atoms with Crippen molar-refractivity contribution in [1.29, 1.82) is 0 Å². The Balaban J connectivity index is 1.80. The summed E-state index contributed by atoms with van der Waals surface area (Å²) >= 11 is 7.32. The van der Waals surface area contributed by atoms with Gasteiger partial charge in [-0.3, -0.25) is 4.79 Å². The van der Waals surface area contributed by atoms with Gasteiger partial charge in [0.25, 0.3) is 5.91 Å². The summed E-state index contributed by atoms with van der Waals surface area (Å²) in [5.74, 6) is -0.187. The number of hydrogen-bond acceptors (Lipinski definition) is 4. The minimum Gasteiger partial charge on any atom is -0.321 e. The van der Waals surface area contributed by atoms with E-state index in [0.29, 0.717) is 16.3 Å². The van der Waals surface area contributed by atoms with Crippen molar-refractivity contribution in [1.82, 2.24) is 8.75 Å². The average molecular weight is 366 g/mol. The lowest BCUT2D eigenvalue weighted by Gasteiger charge is -2.12. The van der Waals surface area contributed by atoms with Gasteiger partial charge in [-0.2, -0.15) is 8.75 Å². The Labute approximate surface area is 153 Å². The summed E-state index contributed by atoms with van der Waals surface area (Å²) in [5.41, 5.74) is 4.63. The SMILES string of the molecule is O=C(Nc1cc(Cl)ccc1-c1cccc2nsnc12)c1ccccc1. The van der Waals surface area contributed by atoms with E-state index >= 15 is 0 Å². The second kappa shape index (κ2) is 6.63. The van der Waals surface area contributed by atoms with E-state index in [-0.39, 0.29) is 5.91 Å². The molecule has 4 rings (SSSR count). The fourth-order valence-electron chi connectivity index (χ4n) is 2.66. The van der Waals surface area contributed by atoms with Gasteiger partial charge in [0, 0.05) is 21.7 Å². The molecular weight excluding hydrogens is 354 g/mol. The maximum absolute atomic E-state index is 12.5. The van der Waals surface area contributed by atoms with Crippen LogP contribution >= 0.6 is 23.3 Å². The molecule has 1 amide bonds. The first-order valence-electron chi connectivity index (χ1n) is 7.60. The molecule has 3 aromatic carbocycles. The summed E-state index contributed by atoms with van der Waals surface area (Å²) < 4.78 is 8.66. The average Bonchev–Trinajstić information content (AvgIpc) is 3.12. The van der Waals surface area contributed by atoms with Crippen LogP contribution in [0.3, 0.4) is 0 Å². The molecule has 0 spiro atoms. The molecule has 4 aromatic rings. The monoisotopic (exact) mass is 365 g/mol.